The van der Waals surface area contributed by atoms with E-state index in [0.717, 1.165) is 31.4 Å². The van der Waals surface area contributed by atoms with E-state index in [0.29, 0.717) is 13.1 Å². The molecule has 0 N–H and O–H groups in total. The number of hydrogen-bond donors (Lipinski definition) is 0. The predicted octanol–water partition coefficient (Wildman–Crippen LogP) is 3.25. The summed E-state index contributed by atoms with van der Waals surface area (Å²) < 4.78 is 0. The highest BCUT2D eigenvalue weighted by Gasteiger charge is 2.42. The van der Waals surface area contributed by atoms with Gasteiger partial charge in [0.1, 0.15) is 5.41 Å². The van der Waals surface area contributed by atoms with E-state index < -0.39 is 5.41 Å². The molecular formula is C19H28N2O2. The molecule has 0 atom stereocenters. The second-order valence-electron chi connectivity index (χ2n) is 6.89. The van der Waals surface area contributed by atoms with Crippen molar-refractivity contribution in [3.8, 4) is 0 Å². The zero-order chi connectivity index (χ0) is 17.0. The zero-order valence-corrected chi connectivity index (χ0v) is 14.8. The summed E-state index contributed by atoms with van der Waals surface area (Å²) in [5, 5.41) is 0. The zero-order valence-electron chi connectivity index (χ0n) is 14.8. The molecule has 0 aliphatic carbocycles. The molecule has 126 valence electrons. The Kier molecular flexibility index (Phi) is 5.45. The lowest BCUT2D eigenvalue weighted by molar-refractivity contribution is -0.146. The summed E-state index contributed by atoms with van der Waals surface area (Å²) in [4.78, 5) is 29.3. The Morgan fingerprint density at radius 2 is 1.96 bits per heavy atom. The normalized spacial score (nSPS) is 14.3. The van der Waals surface area contributed by atoms with Gasteiger partial charge in [0, 0.05) is 25.8 Å². The first-order valence-electron chi connectivity index (χ1n) is 8.55. The average molecular weight is 316 g/mol. The van der Waals surface area contributed by atoms with Crippen LogP contribution in [-0.2, 0) is 16.0 Å². The largest absolute Gasteiger partial charge is 0.345 e. The highest BCUT2D eigenvalue weighted by molar-refractivity contribution is 6.11. The summed E-state index contributed by atoms with van der Waals surface area (Å²) in [5.74, 6) is -0.197. The molecule has 23 heavy (non-hydrogen) atoms. The van der Waals surface area contributed by atoms with Gasteiger partial charge in [-0.1, -0.05) is 31.5 Å². The summed E-state index contributed by atoms with van der Waals surface area (Å²) in [6.45, 7) is 6.97. The van der Waals surface area contributed by atoms with Gasteiger partial charge in [0.05, 0.1) is 0 Å². The molecular weight excluding hydrogens is 288 g/mol. The Hall–Kier alpha value is -1.84. The van der Waals surface area contributed by atoms with Crippen molar-refractivity contribution in [3.63, 3.8) is 0 Å². The second-order valence-corrected chi connectivity index (χ2v) is 6.89. The van der Waals surface area contributed by atoms with Crippen molar-refractivity contribution >= 4 is 17.5 Å². The number of amides is 2. The van der Waals surface area contributed by atoms with Crippen LogP contribution in [0.3, 0.4) is 0 Å². The number of hydrogen-bond acceptors (Lipinski definition) is 2. The van der Waals surface area contributed by atoms with E-state index in [4.69, 9.17) is 0 Å². The van der Waals surface area contributed by atoms with E-state index in [9.17, 15) is 9.59 Å². The van der Waals surface area contributed by atoms with Crippen LogP contribution in [0.1, 0.15) is 45.6 Å². The Balaban J connectivity index is 2.20. The van der Waals surface area contributed by atoms with Crippen LogP contribution in [0, 0.1) is 5.41 Å². The fourth-order valence-corrected chi connectivity index (χ4v) is 3.15. The van der Waals surface area contributed by atoms with Crippen molar-refractivity contribution in [2.24, 2.45) is 5.41 Å². The van der Waals surface area contributed by atoms with Gasteiger partial charge in [0.25, 0.3) is 0 Å². The van der Waals surface area contributed by atoms with Crippen molar-refractivity contribution in [2.45, 2.75) is 46.5 Å². The number of unbranched alkanes of at least 4 members (excludes halogenated alkanes) is 1. The highest BCUT2D eigenvalue weighted by atomic mass is 16.2. The first-order chi connectivity index (χ1) is 10.9. The van der Waals surface area contributed by atoms with Crippen molar-refractivity contribution in [1.29, 1.82) is 0 Å². The third kappa shape index (κ3) is 3.57. The lowest BCUT2D eigenvalue weighted by atomic mass is 9.88. The number of aryl methyl sites for hydroxylation is 1. The van der Waals surface area contributed by atoms with Gasteiger partial charge in [0.15, 0.2) is 0 Å². The Bertz CT molecular complexity index is 580. The number of fused-ring (bicyclic) bond motifs is 1. The van der Waals surface area contributed by atoms with Crippen molar-refractivity contribution in [1.82, 2.24) is 4.90 Å². The first kappa shape index (κ1) is 17.5. The van der Waals surface area contributed by atoms with Crippen LogP contribution in [0.5, 0.6) is 0 Å². The number of benzene rings is 1. The van der Waals surface area contributed by atoms with E-state index in [-0.39, 0.29) is 11.8 Å². The van der Waals surface area contributed by atoms with E-state index in [1.807, 2.05) is 18.2 Å². The number of carbonyl (C=O) groups is 2. The fourth-order valence-electron chi connectivity index (χ4n) is 3.15. The maximum Gasteiger partial charge on any atom is 0.242 e. The standard InChI is InChI=1S/C19H28N2O2/c1-5-6-13-20(4)17(22)19(2,3)18(23)21-14-9-11-15-10-7-8-12-16(15)21/h7-8,10,12H,5-6,9,11,13-14H2,1-4H3. The van der Waals surface area contributed by atoms with Gasteiger partial charge in [-0.05, 0) is 44.7 Å². The van der Waals surface area contributed by atoms with E-state index in [1.54, 1.807) is 30.7 Å². The summed E-state index contributed by atoms with van der Waals surface area (Å²) in [7, 11) is 1.79. The fraction of sp³-hybridized carbons (Fsp3) is 0.579. The molecule has 0 radical (unpaired) electrons. The van der Waals surface area contributed by atoms with Crippen LogP contribution in [0.4, 0.5) is 5.69 Å². The molecule has 1 aliphatic heterocycles. The van der Waals surface area contributed by atoms with Gasteiger partial charge in [-0.2, -0.15) is 0 Å². The van der Waals surface area contributed by atoms with E-state index in [2.05, 4.69) is 13.0 Å². The van der Waals surface area contributed by atoms with E-state index >= 15 is 0 Å². The van der Waals surface area contributed by atoms with E-state index in [1.165, 1.54) is 5.56 Å². The lowest BCUT2D eigenvalue weighted by Gasteiger charge is -2.36. The van der Waals surface area contributed by atoms with Gasteiger partial charge >= 0.3 is 0 Å². The molecule has 0 saturated carbocycles. The minimum absolute atomic E-state index is 0.0981. The second kappa shape index (κ2) is 7.16. The average Bonchev–Trinajstić information content (AvgIpc) is 2.57. The third-order valence-corrected chi connectivity index (χ3v) is 4.62. The summed E-state index contributed by atoms with van der Waals surface area (Å²) in [6, 6.07) is 8.00. The van der Waals surface area contributed by atoms with Crippen LogP contribution in [0.15, 0.2) is 24.3 Å². The van der Waals surface area contributed by atoms with Crippen LogP contribution >= 0.6 is 0 Å². The van der Waals surface area contributed by atoms with Crippen molar-refractivity contribution in [2.75, 3.05) is 25.0 Å². The molecule has 1 aromatic rings. The highest BCUT2D eigenvalue weighted by Crippen LogP contribution is 2.31. The van der Waals surface area contributed by atoms with Crippen LogP contribution in [-0.4, -0.2) is 36.9 Å². The third-order valence-electron chi connectivity index (χ3n) is 4.62. The van der Waals surface area contributed by atoms with Crippen molar-refractivity contribution < 1.29 is 9.59 Å². The van der Waals surface area contributed by atoms with Crippen molar-refractivity contribution in [3.05, 3.63) is 29.8 Å². The molecule has 0 spiro atoms. The van der Waals surface area contributed by atoms with Crippen LogP contribution in [0.2, 0.25) is 0 Å². The summed E-state index contributed by atoms with van der Waals surface area (Å²) in [6.07, 6.45) is 3.92. The molecule has 1 aromatic carbocycles. The first-order valence-corrected chi connectivity index (χ1v) is 8.55. The molecule has 4 nitrogen and oxygen atoms in total. The molecule has 4 heteroatoms. The smallest absolute Gasteiger partial charge is 0.242 e. The minimum Gasteiger partial charge on any atom is -0.345 e. The lowest BCUT2D eigenvalue weighted by Crippen LogP contribution is -2.51. The molecule has 1 heterocycles. The van der Waals surface area contributed by atoms with Gasteiger partial charge in [-0.15, -0.1) is 0 Å². The SMILES string of the molecule is CCCCN(C)C(=O)C(C)(C)C(=O)N1CCCc2ccccc21. The number of rotatable bonds is 5. The van der Waals surface area contributed by atoms with Crippen LogP contribution < -0.4 is 4.90 Å². The summed E-state index contributed by atoms with van der Waals surface area (Å²) >= 11 is 0. The molecule has 0 aromatic heterocycles. The predicted molar refractivity (Wildman–Crippen MR) is 93.4 cm³/mol. The summed E-state index contributed by atoms with van der Waals surface area (Å²) in [5.41, 5.74) is 1.11. The molecule has 2 amide bonds. The number of nitrogens with zero attached hydrogens (tertiary/aromatic N) is 2. The van der Waals surface area contributed by atoms with Gasteiger partial charge in [-0.25, -0.2) is 0 Å². The number of para-hydroxylation sites is 1. The Labute approximate surface area is 139 Å². The van der Waals surface area contributed by atoms with Gasteiger partial charge < -0.3 is 9.80 Å². The maximum atomic E-state index is 13.1. The Morgan fingerprint density at radius 3 is 2.65 bits per heavy atom. The quantitative estimate of drug-likeness (QED) is 0.782. The monoisotopic (exact) mass is 316 g/mol. The Morgan fingerprint density at radius 1 is 1.26 bits per heavy atom. The molecule has 0 unspecified atom stereocenters. The molecule has 0 fully saturated rings. The molecule has 1 aliphatic rings. The molecule has 0 bridgehead atoms. The van der Waals surface area contributed by atoms with Gasteiger partial charge in [0.2, 0.25) is 11.8 Å². The minimum atomic E-state index is -1.03. The van der Waals surface area contributed by atoms with Crippen LogP contribution in [0.25, 0.3) is 0 Å². The molecule has 2 rings (SSSR count). The number of anilines is 1. The number of carbonyl (C=O) groups excluding carboxylic acids is 2. The van der Waals surface area contributed by atoms with Gasteiger partial charge in [-0.3, -0.25) is 9.59 Å². The maximum absolute atomic E-state index is 13.1. The molecule has 0 saturated heterocycles. The topological polar surface area (TPSA) is 40.6 Å².